The number of rotatable bonds is 5. The monoisotopic (exact) mass is 341 g/mol. The van der Waals surface area contributed by atoms with Gasteiger partial charge in [0.1, 0.15) is 12.7 Å². The zero-order chi connectivity index (χ0) is 17.6. The Hall–Kier alpha value is -2.53. The average Bonchev–Trinajstić information content (AvgIpc) is 2.66. The van der Waals surface area contributed by atoms with Crippen LogP contribution in [-0.4, -0.2) is 50.3 Å². The smallest absolute Gasteiger partial charge is 0.254 e. The SMILES string of the molecule is COc1ccccc1OCC1CN(C(=O)c2ccccc2C)CCO1. The molecule has 1 atom stereocenters. The van der Waals surface area contributed by atoms with Crippen molar-refractivity contribution >= 4 is 5.91 Å². The zero-order valence-electron chi connectivity index (χ0n) is 14.6. The molecule has 1 saturated heterocycles. The zero-order valence-corrected chi connectivity index (χ0v) is 14.6. The molecule has 1 amide bonds. The van der Waals surface area contributed by atoms with Crippen LogP contribution in [0.5, 0.6) is 11.5 Å². The molecule has 1 fully saturated rings. The third kappa shape index (κ3) is 4.12. The van der Waals surface area contributed by atoms with E-state index >= 15 is 0 Å². The maximum absolute atomic E-state index is 12.8. The molecule has 1 aliphatic heterocycles. The fourth-order valence-electron chi connectivity index (χ4n) is 2.91. The number of carbonyl (C=O) groups is 1. The van der Waals surface area contributed by atoms with Gasteiger partial charge >= 0.3 is 0 Å². The summed E-state index contributed by atoms with van der Waals surface area (Å²) in [7, 11) is 1.61. The molecule has 0 aliphatic carbocycles. The molecular formula is C20H23NO4. The lowest BCUT2D eigenvalue weighted by molar-refractivity contribution is -0.0404. The Morgan fingerprint density at radius 3 is 2.64 bits per heavy atom. The molecule has 1 heterocycles. The second-order valence-electron chi connectivity index (χ2n) is 6.02. The van der Waals surface area contributed by atoms with Crippen LogP contribution in [0.3, 0.4) is 0 Å². The van der Waals surface area contributed by atoms with Crippen molar-refractivity contribution in [1.82, 2.24) is 4.90 Å². The molecule has 0 aromatic heterocycles. The molecule has 25 heavy (non-hydrogen) atoms. The van der Waals surface area contributed by atoms with Crippen LogP contribution in [0.4, 0.5) is 0 Å². The highest BCUT2D eigenvalue weighted by Crippen LogP contribution is 2.26. The van der Waals surface area contributed by atoms with Crippen LogP contribution in [0.2, 0.25) is 0 Å². The summed E-state index contributed by atoms with van der Waals surface area (Å²) < 4.78 is 16.9. The van der Waals surface area contributed by atoms with Crippen molar-refractivity contribution < 1.29 is 19.0 Å². The number of hydrogen-bond acceptors (Lipinski definition) is 4. The third-order valence-electron chi connectivity index (χ3n) is 4.30. The number of ether oxygens (including phenoxy) is 3. The van der Waals surface area contributed by atoms with Crippen molar-refractivity contribution in [3.8, 4) is 11.5 Å². The lowest BCUT2D eigenvalue weighted by Crippen LogP contribution is -2.47. The number of aryl methyl sites for hydroxylation is 1. The number of amides is 1. The summed E-state index contributed by atoms with van der Waals surface area (Å²) >= 11 is 0. The quantitative estimate of drug-likeness (QED) is 0.839. The minimum absolute atomic E-state index is 0.0451. The van der Waals surface area contributed by atoms with E-state index in [1.54, 1.807) is 7.11 Å². The fraction of sp³-hybridized carbons (Fsp3) is 0.350. The van der Waals surface area contributed by atoms with Crippen molar-refractivity contribution in [2.75, 3.05) is 33.4 Å². The van der Waals surface area contributed by atoms with Gasteiger partial charge in [-0.1, -0.05) is 30.3 Å². The first kappa shape index (κ1) is 17.3. The van der Waals surface area contributed by atoms with Crippen LogP contribution in [0.1, 0.15) is 15.9 Å². The molecule has 132 valence electrons. The highest BCUT2D eigenvalue weighted by molar-refractivity contribution is 5.95. The first-order valence-electron chi connectivity index (χ1n) is 8.41. The van der Waals surface area contributed by atoms with E-state index < -0.39 is 0 Å². The van der Waals surface area contributed by atoms with Gasteiger partial charge in [-0.05, 0) is 30.7 Å². The number of nitrogens with zero attached hydrogens (tertiary/aromatic N) is 1. The average molecular weight is 341 g/mol. The van der Waals surface area contributed by atoms with Crippen LogP contribution in [-0.2, 0) is 4.74 Å². The maximum Gasteiger partial charge on any atom is 0.254 e. The fourth-order valence-corrected chi connectivity index (χ4v) is 2.91. The van der Waals surface area contributed by atoms with E-state index in [-0.39, 0.29) is 12.0 Å². The lowest BCUT2D eigenvalue weighted by atomic mass is 10.1. The van der Waals surface area contributed by atoms with E-state index in [1.165, 1.54) is 0 Å². The largest absolute Gasteiger partial charge is 0.493 e. The van der Waals surface area contributed by atoms with E-state index in [0.29, 0.717) is 37.8 Å². The molecule has 5 heteroatoms. The Morgan fingerprint density at radius 1 is 1.16 bits per heavy atom. The minimum atomic E-state index is -0.161. The van der Waals surface area contributed by atoms with E-state index in [4.69, 9.17) is 14.2 Å². The second kappa shape index (κ2) is 8.03. The Labute approximate surface area is 148 Å². The van der Waals surface area contributed by atoms with Crippen molar-refractivity contribution in [2.45, 2.75) is 13.0 Å². The number of benzene rings is 2. The predicted molar refractivity (Wildman–Crippen MR) is 95.3 cm³/mol. The van der Waals surface area contributed by atoms with Crippen LogP contribution in [0.25, 0.3) is 0 Å². The molecule has 0 bridgehead atoms. The van der Waals surface area contributed by atoms with Gasteiger partial charge in [-0.25, -0.2) is 0 Å². The first-order chi connectivity index (χ1) is 12.2. The first-order valence-corrected chi connectivity index (χ1v) is 8.41. The minimum Gasteiger partial charge on any atom is -0.493 e. The van der Waals surface area contributed by atoms with Crippen molar-refractivity contribution in [3.05, 3.63) is 59.7 Å². The molecular weight excluding hydrogens is 318 g/mol. The van der Waals surface area contributed by atoms with Crippen LogP contribution >= 0.6 is 0 Å². The van der Waals surface area contributed by atoms with Crippen molar-refractivity contribution in [3.63, 3.8) is 0 Å². The van der Waals surface area contributed by atoms with E-state index in [0.717, 1.165) is 11.1 Å². The summed E-state index contributed by atoms with van der Waals surface area (Å²) in [5, 5.41) is 0. The molecule has 1 aliphatic rings. The highest BCUT2D eigenvalue weighted by atomic mass is 16.5. The Kier molecular flexibility index (Phi) is 5.56. The van der Waals surface area contributed by atoms with Gasteiger partial charge in [-0.3, -0.25) is 4.79 Å². The molecule has 0 radical (unpaired) electrons. The topological polar surface area (TPSA) is 48.0 Å². The predicted octanol–water partition coefficient (Wildman–Crippen LogP) is 2.92. The molecule has 2 aromatic rings. The molecule has 0 spiro atoms. The summed E-state index contributed by atoms with van der Waals surface area (Å²) in [4.78, 5) is 14.6. The van der Waals surface area contributed by atoms with Gasteiger partial charge in [0.2, 0.25) is 0 Å². The molecule has 0 saturated carbocycles. The number of hydrogen-bond donors (Lipinski definition) is 0. The number of para-hydroxylation sites is 2. The molecule has 5 nitrogen and oxygen atoms in total. The molecule has 3 rings (SSSR count). The Balaban J connectivity index is 1.61. The van der Waals surface area contributed by atoms with Gasteiger partial charge in [-0.15, -0.1) is 0 Å². The number of methoxy groups -OCH3 is 1. The summed E-state index contributed by atoms with van der Waals surface area (Å²) in [5.41, 5.74) is 1.73. The lowest BCUT2D eigenvalue weighted by Gasteiger charge is -2.33. The molecule has 0 N–H and O–H groups in total. The van der Waals surface area contributed by atoms with E-state index in [1.807, 2.05) is 60.4 Å². The number of morpholine rings is 1. The number of carbonyl (C=O) groups excluding carboxylic acids is 1. The van der Waals surface area contributed by atoms with Crippen molar-refractivity contribution in [1.29, 1.82) is 0 Å². The summed E-state index contributed by atoms with van der Waals surface area (Å²) in [6.07, 6.45) is -0.161. The summed E-state index contributed by atoms with van der Waals surface area (Å²) in [6, 6.07) is 15.2. The highest BCUT2D eigenvalue weighted by Gasteiger charge is 2.26. The van der Waals surface area contributed by atoms with Gasteiger partial charge in [0, 0.05) is 12.1 Å². The summed E-state index contributed by atoms with van der Waals surface area (Å²) in [6.45, 7) is 3.95. The van der Waals surface area contributed by atoms with Gasteiger partial charge in [0.25, 0.3) is 5.91 Å². The Bertz CT molecular complexity index is 731. The third-order valence-corrected chi connectivity index (χ3v) is 4.30. The van der Waals surface area contributed by atoms with Crippen LogP contribution < -0.4 is 9.47 Å². The van der Waals surface area contributed by atoms with Crippen molar-refractivity contribution in [2.24, 2.45) is 0 Å². The Morgan fingerprint density at radius 2 is 1.88 bits per heavy atom. The summed E-state index contributed by atoms with van der Waals surface area (Å²) in [5.74, 6) is 1.41. The maximum atomic E-state index is 12.8. The normalized spacial score (nSPS) is 17.2. The molecule has 2 aromatic carbocycles. The van der Waals surface area contributed by atoms with Gasteiger partial charge in [0.15, 0.2) is 11.5 Å². The molecule has 1 unspecified atom stereocenters. The van der Waals surface area contributed by atoms with Gasteiger partial charge < -0.3 is 19.1 Å². The van der Waals surface area contributed by atoms with Gasteiger partial charge in [-0.2, -0.15) is 0 Å². The van der Waals surface area contributed by atoms with Gasteiger partial charge in [0.05, 0.1) is 20.3 Å². The van der Waals surface area contributed by atoms with Crippen LogP contribution in [0.15, 0.2) is 48.5 Å². The second-order valence-corrected chi connectivity index (χ2v) is 6.02. The standard InChI is InChI=1S/C20H23NO4/c1-15-7-3-4-8-17(15)20(22)21-11-12-24-16(13-21)14-25-19-10-6-5-9-18(19)23-2/h3-10,16H,11-14H2,1-2H3. The van der Waals surface area contributed by atoms with E-state index in [9.17, 15) is 4.79 Å². The van der Waals surface area contributed by atoms with Crippen LogP contribution in [0, 0.1) is 6.92 Å². The van der Waals surface area contributed by atoms with E-state index in [2.05, 4.69) is 0 Å².